The fraction of sp³-hybridized carbons (Fsp3) is 0.478. The Labute approximate surface area is 181 Å². The van der Waals surface area contributed by atoms with E-state index in [2.05, 4.69) is 35.9 Å². The molecule has 162 valence electrons. The molecular formula is C23H31N3O3S. The zero-order chi connectivity index (χ0) is 21.6. The van der Waals surface area contributed by atoms with Crippen molar-refractivity contribution in [3.8, 4) is 11.1 Å². The van der Waals surface area contributed by atoms with Gasteiger partial charge < -0.3 is 4.90 Å². The Morgan fingerprint density at radius 2 is 1.80 bits per heavy atom. The SMILES string of the molecule is CCCCc1ccc(-c2ccc(S(=O)C3(C(=O)NO)CCN(CC)CC3)cc2)cn1. The third kappa shape index (κ3) is 4.79. The van der Waals surface area contributed by atoms with Gasteiger partial charge in [0, 0.05) is 35.4 Å². The van der Waals surface area contributed by atoms with Gasteiger partial charge in [-0.05, 0) is 56.0 Å². The first-order valence-electron chi connectivity index (χ1n) is 10.7. The molecule has 1 aliphatic heterocycles. The lowest BCUT2D eigenvalue weighted by Gasteiger charge is -2.38. The fourth-order valence-corrected chi connectivity index (χ4v) is 5.53. The first-order valence-corrected chi connectivity index (χ1v) is 11.8. The molecule has 2 N–H and O–H groups in total. The van der Waals surface area contributed by atoms with Crippen molar-refractivity contribution in [1.29, 1.82) is 0 Å². The van der Waals surface area contributed by atoms with E-state index in [1.807, 2.05) is 30.5 Å². The zero-order valence-corrected chi connectivity index (χ0v) is 18.6. The molecule has 3 rings (SSSR count). The lowest BCUT2D eigenvalue weighted by atomic mass is 9.95. The molecule has 2 heterocycles. The average molecular weight is 430 g/mol. The van der Waals surface area contributed by atoms with Gasteiger partial charge in [-0.1, -0.05) is 38.5 Å². The lowest BCUT2D eigenvalue weighted by Crippen LogP contribution is -2.55. The topological polar surface area (TPSA) is 82.5 Å². The second-order valence-electron chi connectivity index (χ2n) is 7.80. The minimum atomic E-state index is -1.56. The molecule has 0 saturated carbocycles. The van der Waals surface area contributed by atoms with Gasteiger partial charge in [0.25, 0.3) is 5.91 Å². The molecule has 1 aromatic carbocycles. The molecule has 1 unspecified atom stereocenters. The number of hydroxylamine groups is 1. The summed E-state index contributed by atoms with van der Waals surface area (Å²) in [4.78, 5) is 19.9. The number of pyridine rings is 1. The second-order valence-corrected chi connectivity index (χ2v) is 9.59. The maximum Gasteiger partial charge on any atom is 0.262 e. The number of aromatic nitrogens is 1. The van der Waals surface area contributed by atoms with E-state index in [0.717, 1.165) is 42.6 Å². The second kappa shape index (κ2) is 10.3. The van der Waals surface area contributed by atoms with Gasteiger partial charge in [0.05, 0.1) is 10.8 Å². The van der Waals surface area contributed by atoms with Crippen LogP contribution in [0.25, 0.3) is 11.1 Å². The van der Waals surface area contributed by atoms with Crippen LogP contribution in [-0.4, -0.2) is 49.6 Å². The predicted molar refractivity (Wildman–Crippen MR) is 119 cm³/mol. The van der Waals surface area contributed by atoms with Gasteiger partial charge in [-0.25, -0.2) is 5.48 Å². The van der Waals surface area contributed by atoms with Gasteiger partial charge in [-0.3, -0.25) is 19.2 Å². The molecule has 7 heteroatoms. The molecule has 6 nitrogen and oxygen atoms in total. The third-order valence-corrected chi connectivity index (χ3v) is 8.00. The largest absolute Gasteiger partial charge is 0.303 e. The number of benzene rings is 1. The summed E-state index contributed by atoms with van der Waals surface area (Å²) in [5.74, 6) is -0.562. The maximum atomic E-state index is 13.4. The van der Waals surface area contributed by atoms with E-state index < -0.39 is 21.5 Å². The van der Waals surface area contributed by atoms with Gasteiger partial charge in [0.15, 0.2) is 0 Å². The fourth-order valence-electron chi connectivity index (χ4n) is 3.93. The summed E-state index contributed by atoms with van der Waals surface area (Å²) >= 11 is 0. The van der Waals surface area contributed by atoms with E-state index >= 15 is 0 Å². The van der Waals surface area contributed by atoms with E-state index in [1.165, 1.54) is 0 Å². The lowest BCUT2D eigenvalue weighted by molar-refractivity contribution is -0.133. The Bertz CT molecular complexity index is 860. The van der Waals surface area contributed by atoms with Crippen LogP contribution in [0, 0.1) is 0 Å². The van der Waals surface area contributed by atoms with Crippen LogP contribution in [0.5, 0.6) is 0 Å². The van der Waals surface area contributed by atoms with Crippen LogP contribution in [0.4, 0.5) is 0 Å². The van der Waals surface area contributed by atoms with Gasteiger partial charge in [-0.15, -0.1) is 0 Å². The van der Waals surface area contributed by atoms with Crippen LogP contribution in [0.3, 0.4) is 0 Å². The minimum Gasteiger partial charge on any atom is -0.303 e. The zero-order valence-electron chi connectivity index (χ0n) is 17.8. The minimum absolute atomic E-state index is 0.449. The first kappa shape index (κ1) is 22.6. The molecule has 1 aliphatic rings. The summed E-state index contributed by atoms with van der Waals surface area (Å²) in [6, 6.07) is 11.6. The van der Waals surface area contributed by atoms with Crippen molar-refractivity contribution in [2.75, 3.05) is 19.6 Å². The number of hydrogen-bond acceptors (Lipinski definition) is 5. The Balaban J connectivity index is 1.78. The van der Waals surface area contributed by atoms with Crippen molar-refractivity contribution < 1.29 is 14.2 Å². The highest BCUT2D eigenvalue weighted by Gasteiger charge is 2.47. The Morgan fingerprint density at radius 3 is 2.33 bits per heavy atom. The normalized spacial score (nSPS) is 17.4. The van der Waals surface area contributed by atoms with Gasteiger partial charge >= 0.3 is 0 Å². The monoisotopic (exact) mass is 429 g/mol. The standard InChI is InChI=1S/C23H31N3O3S/c1-3-5-6-20-10-7-19(17-24-20)18-8-11-21(12-9-18)30(29)23(22(27)25-28)13-15-26(4-2)16-14-23/h7-12,17,28H,3-6,13-16H2,1-2H3,(H,25,27). The number of carbonyl (C=O) groups is 1. The maximum absolute atomic E-state index is 13.4. The molecule has 1 aromatic heterocycles. The number of aryl methyl sites for hydroxylation is 1. The van der Waals surface area contributed by atoms with Crippen molar-refractivity contribution in [1.82, 2.24) is 15.4 Å². The van der Waals surface area contributed by atoms with Crippen LogP contribution in [0.2, 0.25) is 0 Å². The van der Waals surface area contributed by atoms with Crippen molar-refractivity contribution in [3.63, 3.8) is 0 Å². The highest BCUT2D eigenvalue weighted by atomic mass is 32.2. The third-order valence-electron chi connectivity index (χ3n) is 5.99. The molecule has 1 fully saturated rings. The summed E-state index contributed by atoms with van der Waals surface area (Å²) in [5, 5.41) is 9.29. The van der Waals surface area contributed by atoms with Gasteiger partial charge in [0.2, 0.25) is 0 Å². The van der Waals surface area contributed by atoms with Crippen molar-refractivity contribution in [2.45, 2.75) is 55.6 Å². The molecule has 0 bridgehead atoms. The number of amides is 1. The van der Waals surface area contributed by atoms with Crippen molar-refractivity contribution >= 4 is 16.7 Å². The quantitative estimate of drug-likeness (QED) is 0.495. The Kier molecular flexibility index (Phi) is 7.75. The number of carbonyl (C=O) groups excluding carboxylic acids is 1. The van der Waals surface area contributed by atoms with E-state index in [1.54, 1.807) is 5.48 Å². The van der Waals surface area contributed by atoms with Gasteiger partial charge in [0.1, 0.15) is 4.75 Å². The van der Waals surface area contributed by atoms with Crippen molar-refractivity contribution in [3.05, 3.63) is 48.3 Å². The number of unbranched alkanes of at least 4 members (excludes halogenated alkanes) is 1. The highest BCUT2D eigenvalue weighted by Crippen LogP contribution is 2.33. The summed E-state index contributed by atoms with van der Waals surface area (Å²) in [6.07, 6.45) is 6.03. The molecule has 1 saturated heterocycles. The number of nitrogens with one attached hydrogen (secondary N) is 1. The van der Waals surface area contributed by atoms with E-state index in [4.69, 9.17) is 0 Å². The molecule has 0 radical (unpaired) electrons. The van der Waals surface area contributed by atoms with Gasteiger partial charge in [-0.2, -0.15) is 0 Å². The smallest absolute Gasteiger partial charge is 0.262 e. The summed E-state index contributed by atoms with van der Waals surface area (Å²) < 4.78 is 12.3. The van der Waals surface area contributed by atoms with E-state index in [0.29, 0.717) is 30.8 Å². The van der Waals surface area contributed by atoms with Crippen LogP contribution < -0.4 is 5.48 Å². The molecule has 2 aromatic rings. The molecule has 1 atom stereocenters. The first-order chi connectivity index (χ1) is 14.5. The number of nitrogens with zero attached hydrogens (tertiary/aromatic N) is 2. The molecular weight excluding hydrogens is 398 g/mol. The number of rotatable bonds is 8. The summed E-state index contributed by atoms with van der Waals surface area (Å²) in [6.45, 7) is 6.50. The average Bonchev–Trinajstić information content (AvgIpc) is 2.82. The van der Waals surface area contributed by atoms with Crippen LogP contribution in [0.1, 0.15) is 45.2 Å². The Hall–Kier alpha value is -2.09. The number of piperidine rings is 1. The number of likely N-dealkylation sites (tertiary alicyclic amines) is 1. The van der Waals surface area contributed by atoms with E-state index in [-0.39, 0.29) is 0 Å². The molecule has 30 heavy (non-hydrogen) atoms. The molecule has 0 spiro atoms. The van der Waals surface area contributed by atoms with Crippen molar-refractivity contribution in [2.24, 2.45) is 0 Å². The van der Waals surface area contributed by atoms with Crippen LogP contribution in [-0.2, 0) is 22.0 Å². The summed E-state index contributed by atoms with van der Waals surface area (Å²) in [5.41, 5.74) is 4.85. The molecule has 0 aliphatic carbocycles. The Morgan fingerprint density at radius 1 is 1.13 bits per heavy atom. The highest BCUT2D eigenvalue weighted by molar-refractivity contribution is 7.87. The van der Waals surface area contributed by atoms with E-state index in [9.17, 15) is 14.2 Å². The number of hydrogen-bond donors (Lipinski definition) is 2. The van der Waals surface area contributed by atoms with Crippen LogP contribution >= 0.6 is 0 Å². The summed E-state index contributed by atoms with van der Waals surface area (Å²) in [7, 11) is -1.56. The predicted octanol–water partition coefficient (Wildman–Crippen LogP) is 3.56. The molecule has 1 amide bonds. The van der Waals surface area contributed by atoms with Crippen LogP contribution in [0.15, 0.2) is 47.5 Å².